The number of ether oxygens (including phenoxy) is 1. The summed E-state index contributed by atoms with van der Waals surface area (Å²) < 4.78 is 6.03. The quantitative estimate of drug-likeness (QED) is 0.376. The Bertz CT molecular complexity index is 551. The number of aromatic amines is 1. The summed E-state index contributed by atoms with van der Waals surface area (Å²) in [6.45, 7) is -0.598. The Kier molecular flexibility index (Phi) is 3.83. The molecule has 1 aliphatic rings. The molecule has 0 saturated carbocycles. The maximum Gasteiger partial charge on any atom is 0.330 e. The number of rotatable bonds is 2. The van der Waals surface area contributed by atoms with Crippen LogP contribution in [0.15, 0.2) is 21.9 Å². The van der Waals surface area contributed by atoms with Gasteiger partial charge in [0, 0.05) is 12.3 Å². The zero-order valence-corrected chi connectivity index (χ0v) is 9.71. The highest BCUT2D eigenvalue weighted by Gasteiger charge is 2.44. The standard InChI is InChI=1S/C10H14N2O7/c13-3-4-6(15)7(16)8(17)9(19-4)12-2-1-5(14)11-10(12)18/h1-2,4,6-9,13,15-17H,3H2,(H,11,14,18)/t4-,6-,7+,8+,9+/m1/s1. The highest BCUT2D eigenvalue weighted by atomic mass is 16.6. The molecular weight excluding hydrogens is 260 g/mol. The summed E-state index contributed by atoms with van der Waals surface area (Å²) in [6, 6.07) is 1.04. The van der Waals surface area contributed by atoms with Gasteiger partial charge in [-0.15, -0.1) is 0 Å². The van der Waals surface area contributed by atoms with Gasteiger partial charge < -0.3 is 25.2 Å². The Morgan fingerprint density at radius 2 is 1.89 bits per heavy atom. The fourth-order valence-electron chi connectivity index (χ4n) is 1.94. The van der Waals surface area contributed by atoms with E-state index in [1.807, 2.05) is 4.98 Å². The van der Waals surface area contributed by atoms with Gasteiger partial charge in [0.1, 0.15) is 24.4 Å². The third-order valence-corrected chi connectivity index (χ3v) is 2.99. The molecule has 5 atom stereocenters. The molecule has 0 aliphatic carbocycles. The number of nitrogens with zero attached hydrogens (tertiary/aromatic N) is 1. The zero-order chi connectivity index (χ0) is 14.2. The Hall–Kier alpha value is -1.52. The van der Waals surface area contributed by atoms with Crippen molar-refractivity contribution in [3.63, 3.8) is 0 Å². The number of aromatic nitrogens is 2. The summed E-state index contributed by atoms with van der Waals surface area (Å²) in [4.78, 5) is 24.5. The lowest BCUT2D eigenvalue weighted by molar-refractivity contribution is -0.252. The highest BCUT2D eigenvalue weighted by Crippen LogP contribution is 2.26. The number of nitrogens with one attached hydrogen (secondary N) is 1. The van der Waals surface area contributed by atoms with Crippen molar-refractivity contribution in [3.05, 3.63) is 33.1 Å². The van der Waals surface area contributed by atoms with Crippen molar-refractivity contribution in [2.75, 3.05) is 6.61 Å². The monoisotopic (exact) mass is 274 g/mol. The van der Waals surface area contributed by atoms with Gasteiger partial charge in [-0.3, -0.25) is 14.3 Å². The second-order valence-electron chi connectivity index (χ2n) is 4.24. The summed E-state index contributed by atoms with van der Waals surface area (Å²) in [7, 11) is 0. The van der Waals surface area contributed by atoms with Gasteiger partial charge in [-0.1, -0.05) is 0 Å². The number of aliphatic hydroxyl groups excluding tert-OH is 4. The molecule has 1 aliphatic heterocycles. The van der Waals surface area contributed by atoms with E-state index in [-0.39, 0.29) is 0 Å². The minimum absolute atomic E-state index is 0.598. The van der Waals surface area contributed by atoms with E-state index in [2.05, 4.69) is 0 Å². The largest absolute Gasteiger partial charge is 0.394 e. The first kappa shape index (κ1) is 13.9. The summed E-state index contributed by atoms with van der Waals surface area (Å²) in [6.07, 6.45) is -6.03. The van der Waals surface area contributed by atoms with Crippen molar-refractivity contribution in [1.82, 2.24) is 9.55 Å². The first-order chi connectivity index (χ1) is 8.95. The molecule has 5 N–H and O–H groups in total. The molecule has 0 radical (unpaired) electrons. The van der Waals surface area contributed by atoms with Crippen LogP contribution in [-0.4, -0.2) is 61.0 Å². The van der Waals surface area contributed by atoms with Gasteiger partial charge in [0.25, 0.3) is 5.56 Å². The number of hydrogen-bond donors (Lipinski definition) is 5. The van der Waals surface area contributed by atoms with Crippen LogP contribution < -0.4 is 11.2 Å². The molecule has 19 heavy (non-hydrogen) atoms. The van der Waals surface area contributed by atoms with E-state index in [0.717, 1.165) is 16.8 Å². The average molecular weight is 274 g/mol. The first-order valence-electron chi connectivity index (χ1n) is 5.57. The van der Waals surface area contributed by atoms with Gasteiger partial charge in [-0.2, -0.15) is 0 Å². The summed E-state index contributed by atoms with van der Waals surface area (Å²) in [5, 5.41) is 38.0. The summed E-state index contributed by atoms with van der Waals surface area (Å²) >= 11 is 0. The molecule has 2 rings (SSSR count). The minimum atomic E-state index is -1.59. The number of aliphatic hydroxyl groups is 4. The van der Waals surface area contributed by atoms with Crippen molar-refractivity contribution >= 4 is 0 Å². The summed E-state index contributed by atoms with van der Waals surface area (Å²) in [5.41, 5.74) is -1.46. The summed E-state index contributed by atoms with van der Waals surface area (Å²) in [5.74, 6) is 0. The van der Waals surface area contributed by atoms with Crippen LogP contribution in [0.2, 0.25) is 0 Å². The average Bonchev–Trinajstić information content (AvgIpc) is 2.38. The lowest BCUT2D eigenvalue weighted by Gasteiger charge is -2.40. The van der Waals surface area contributed by atoms with Crippen molar-refractivity contribution in [2.45, 2.75) is 30.6 Å². The third kappa shape index (κ3) is 2.46. The van der Waals surface area contributed by atoms with E-state index in [4.69, 9.17) is 9.84 Å². The highest BCUT2D eigenvalue weighted by molar-refractivity contribution is 4.93. The van der Waals surface area contributed by atoms with Crippen LogP contribution in [0.25, 0.3) is 0 Å². The first-order valence-corrected chi connectivity index (χ1v) is 5.57. The second kappa shape index (κ2) is 5.23. The lowest BCUT2D eigenvalue weighted by atomic mass is 9.98. The fourth-order valence-corrected chi connectivity index (χ4v) is 1.94. The predicted octanol–water partition coefficient (Wildman–Crippen LogP) is -3.49. The minimum Gasteiger partial charge on any atom is -0.394 e. The molecule has 1 saturated heterocycles. The van der Waals surface area contributed by atoms with Crippen LogP contribution in [0.3, 0.4) is 0 Å². The van der Waals surface area contributed by atoms with Crippen molar-refractivity contribution < 1.29 is 25.2 Å². The van der Waals surface area contributed by atoms with Crippen molar-refractivity contribution in [3.8, 4) is 0 Å². The molecule has 0 spiro atoms. The Labute approximate surface area is 106 Å². The Balaban J connectivity index is 2.38. The van der Waals surface area contributed by atoms with Gasteiger partial charge in [-0.05, 0) is 0 Å². The smallest absolute Gasteiger partial charge is 0.330 e. The Morgan fingerprint density at radius 1 is 1.21 bits per heavy atom. The number of hydrogen-bond acceptors (Lipinski definition) is 7. The van der Waals surface area contributed by atoms with Crippen LogP contribution in [0.5, 0.6) is 0 Å². The molecule has 0 aromatic carbocycles. The van der Waals surface area contributed by atoms with Gasteiger partial charge >= 0.3 is 5.69 Å². The topological polar surface area (TPSA) is 145 Å². The van der Waals surface area contributed by atoms with Gasteiger partial charge in [0.2, 0.25) is 0 Å². The molecule has 1 aromatic rings. The van der Waals surface area contributed by atoms with Crippen molar-refractivity contribution in [2.24, 2.45) is 0 Å². The van der Waals surface area contributed by atoms with Gasteiger partial charge in [0.05, 0.1) is 6.61 Å². The second-order valence-corrected chi connectivity index (χ2v) is 4.24. The normalized spacial score (nSPS) is 35.3. The third-order valence-electron chi connectivity index (χ3n) is 2.99. The van der Waals surface area contributed by atoms with E-state index < -0.39 is 48.5 Å². The molecule has 0 amide bonds. The maximum atomic E-state index is 11.6. The SMILES string of the molecule is O=c1ccn([C@H]2O[C@H](CO)[C@@H](O)[C@H](O)[C@@H]2O)c(=O)[nH]1. The van der Waals surface area contributed by atoms with E-state index >= 15 is 0 Å². The van der Waals surface area contributed by atoms with Gasteiger partial charge in [-0.25, -0.2) is 4.79 Å². The molecule has 1 fully saturated rings. The molecule has 0 bridgehead atoms. The molecule has 0 unspecified atom stereocenters. The van der Waals surface area contributed by atoms with Crippen LogP contribution in [0.4, 0.5) is 0 Å². The number of H-pyrrole nitrogens is 1. The van der Waals surface area contributed by atoms with E-state index in [0.29, 0.717) is 0 Å². The van der Waals surface area contributed by atoms with Crippen molar-refractivity contribution in [1.29, 1.82) is 0 Å². The maximum absolute atomic E-state index is 11.6. The van der Waals surface area contributed by atoms with Crippen LogP contribution in [0.1, 0.15) is 6.23 Å². The van der Waals surface area contributed by atoms with Crippen LogP contribution in [-0.2, 0) is 4.74 Å². The fraction of sp³-hybridized carbons (Fsp3) is 0.600. The molecule has 9 nitrogen and oxygen atoms in total. The Morgan fingerprint density at radius 3 is 2.47 bits per heavy atom. The molecule has 106 valence electrons. The van der Waals surface area contributed by atoms with Gasteiger partial charge in [0.15, 0.2) is 6.23 Å². The van der Waals surface area contributed by atoms with Crippen LogP contribution in [0, 0.1) is 0 Å². The van der Waals surface area contributed by atoms with E-state index in [1.165, 1.54) is 0 Å². The van der Waals surface area contributed by atoms with E-state index in [9.17, 15) is 24.9 Å². The molecule has 1 aromatic heterocycles. The zero-order valence-electron chi connectivity index (χ0n) is 9.71. The molecule has 9 heteroatoms. The predicted molar refractivity (Wildman–Crippen MR) is 60.3 cm³/mol. The lowest BCUT2D eigenvalue weighted by Crippen LogP contribution is -2.57. The van der Waals surface area contributed by atoms with Crippen LogP contribution >= 0.6 is 0 Å². The molecular formula is C10H14N2O7. The molecule has 2 heterocycles. The van der Waals surface area contributed by atoms with E-state index in [1.54, 1.807) is 0 Å².